The van der Waals surface area contributed by atoms with Gasteiger partial charge >= 0.3 is 7.60 Å². The maximum absolute atomic E-state index is 14.1. The zero-order chi connectivity index (χ0) is 24.8. The molecular formula is C25H25F2N4O3P. The van der Waals surface area contributed by atoms with E-state index >= 15 is 0 Å². The molecule has 4 rings (SSSR count). The molecular weight excluding hydrogens is 473 g/mol. The monoisotopic (exact) mass is 498 g/mol. The van der Waals surface area contributed by atoms with Crippen LogP contribution < -0.4 is 5.32 Å². The number of nitrogens with zero attached hydrogens (tertiary/aromatic N) is 3. The molecule has 35 heavy (non-hydrogen) atoms. The number of benzene rings is 2. The molecule has 0 aliphatic rings. The van der Waals surface area contributed by atoms with Gasteiger partial charge in [0.25, 0.3) is 0 Å². The molecule has 0 aliphatic carbocycles. The number of nitrogens with one attached hydrogen (secondary N) is 1. The van der Waals surface area contributed by atoms with E-state index in [0.29, 0.717) is 11.3 Å². The van der Waals surface area contributed by atoms with Crippen LogP contribution in [0.15, 0.2) is 79.3 Å². The fourth-order valence-electron chi connectivity index (χ4n) is 3.65. The highest BCUT2D eigenvalue weighted by Gasteiger charge is 2.40. The van der Waals surface area contributed by atoms with Gasteiger partial charge in [0.2, 0.25) is 0 Å². The molecule has 0 fully saturated rings. The maximum atomic E-state index is 14.1. The summed E-state index contributed by atoms with van der Waals surface area (Å²) < 4.78 is 54.7. The van der Waals surface area contributed by atoms with Crippen LogP contribution in [0.2, 0.25) is 0 Å². The molecule has 0 amide bonds. The third-order valence-corrected chi connectivity index (χ3v) is 7.44. The zero-order valence-corrected chi connectivity index (χ0v) is 20.2. The number of hydrogen-bond donors (Lipinski definition) is 1. The fraction of sp³-hybridized carbons (Fsp3) is 0.200. The normalized spacial score (nSPS) is 12.5. The fourth-order valence-corrected chi connectivity index (χ4v) is 5.58. The Morgan fingerprint density at radius 2 is 1.66 bits per heavy atom. The second-order valence-electron chi connectivity index (χ2n) is 7.50. The van der Waals surface area contributed by atoms with Crippen molar-refractivity contribution < 1.29 is 22.4 Å². The third-order valence-electron chi connectivity index (χ3n) is 5.17. The van der Waals surface area contributed by atoms with E-state index < -0.39 is 25.0 Å². The molecule has 0 saturated heterocycles. The van der Waals surface area contributed by atoms with Gasteiger partial charge < -0.3 is 14.4 Å². The van der Waals surface area contributed by atoms with Gasteiger partial charge in [0, 0.05) is 41.5 Å². The first kappa shape index (κ1) is 24.7. The lowest BCUT2D eigenvalue weighted by Gasteiger charge is -2.28. The molecule has 2 heterocycles. The third kappa shape index (κ3) is 5.48. The largest absolute Gasteiger partial charge is 0.368 e. The molecule has 2 aromatic heterocycles. The molecule has 1 atom stereocenters. The maximum Gasteiger partial charge on any atom is 0.357 e. The Hall–Kier alpha value is -3.39. The van der Waals surface area contributed by atoms with Crippen molar-refractivity contribution in [3.8, 4) is 16.9 Å². The summed E-state index contributed by atoms with van der Waals surface area (Å²) in [7, 11) is -3.87. The molecule has 0 spiro atoms. The second-order valence-corrected chi connectivity index (χ2v) is 9.61. The van der Waals surface area contributed by atoms with Crippen LogP contribution >= 0.6 is 7.60 Å². The van der Waals surface area contributed by atoms with Crippen LogP contribution in [0.25, 0.3) is 16.9 Å². The highest BCUT2D eigenvalue weighted by molar-refractivity contribution is 7.54. The lowest BCUT2D eigenvalue weighted by atomic mass is 10.1. The molecule has 0 aliphatic heterocycles. The van der Waals surface area contributed by atoms with Crippen molar-refractivity contribution in [1.82, 2.24) is 14.8 Å². The summed E-state index contributed by atoms with van der Waals surface area (Å²) in [4.78, 5) is 4.07. The van der Waals surface area contributed by atoms with Crippen molar-refractivity contribution in [3.05, 3.63) is 96.5 Å². The van der Waals surface area contributed by atoms with Crippen molar-refractivity contribution in [1.29, 1.82) is 0 Å². The van der Waals surface area contributed by atoms with Gasteiger partial charge in [-0.2, -0.15) is 5.10 Å². The van der Waals surface area contributed by atoms with Crippen LogP contribution in [-0.2, 0) is 13.6 Å². The van der Waals surface area contributed by atoms with Gasteiger partial charge in [0.1, 0.15) is 0 Å². The predicted molar refractivity (Wildman–Crippen MR) is 130 cm³/mol. The number of para-hydroxylation sites is 1. The van der Waals surface area contributed by atoms with Crippen LogP contribution in [0, 0.1) is 11.6 Å². The number of hydrogen-bond acceptors (Lipinski definition) is 6. The molecule has 7 nitrogen and oxygen atoms in total. The first-order valence-electron chi connectivity index (χ1n) is 11.1. The Morgan fingerprint density at radius 1 is 0.971 bits per heavy atom. The number of aromatic nitrogens is 3. The minimum atomic E-state index is -3.87. The molecule has 0 saturated carbocycles. The van der Waals surface area contributed by atoms with E-state index in [1.165, 1.54) is 6.07 Å². The van der Waals surface area contributed by atoms with Gasteiger partial charge in [0.05, 0.1) is 24.6 Å². The Bertz CT molecular complexity index is 1310. The summed E-state index contributed by atoms with van der Waals surface area (Å²) in [6.45, 7) is 3.64. The summed E-state index contributed by atoms with van der Waals surface area (Å²) in [6.07, 6.45) is 4.99. The van der Waals surface area contributed by atoms with Gasteiger partial charge in [-0.05, 0) is 50.2 Å². The molecule has 4 aromatic rings. The first-order valence-corrected chi connectivity index (χ1v) is 12.7. The van der Waals surface area contributed by atoms with E-state index in [-0.39, 0.29) is 18.9 Å². The van der Waals surface area contributed by atoms with Crippen LogP contribution in [0.3, 0.4) is 0 Å². The molecule has 182 valence electrons. The zero-order valence-electron chi connectivity index (χ0n) is 19.3. The molecule has 0 radical (unpaired) electrons. The minimum absolute atomic E-state index is 0.116. The summed E-state index contributed by atoms with van der Waals surface area (Å²) in [5, 5.41) is 7.82. The standard InChI is InChI=1S/C25H25F2N4O3P/c1-3-33-35(32,34-4-2)25(29-19-10-11-22(26)23(27)16-19)21-17-31(20-8-6-5-7-9-20)30-24(21)18-12-14-28-15-13-18/h5-17,25,29H,3-4H2,1-2H3. The highest BCUT2D eigenvalue weighted by atomic mass is 31.2. The molecule has 10 heteroatoms. The van der Waals surface area contributed by atoms with Crippen molar-refractivity contribution >= 4 is 13.3 Å². The summed E-state index contributed by atoms with van der Waals surface area (Å²) in [5.41, 5.74) is 2.72. The minimum Gasteiger partial charge on any atom is -0.368 e. The summed E-state index contributed by atoms with van der Waals surface area (Å²) >= 11 is 0. The van der Waals surface area contributed by atoms with E-state index in [0.717, 1.165) is 23.4 Å². The highest BCUT2D eigenvalue weighted by Crippen LogP contribution is 2.62. The molecule has 2 aromatic carbocycles. The number of anilines is 1. The van der Waals surface area contributed by atoms with E-state index in [4.69, 9.17) is 14.1 Å². The average molecular weight is 498 g/mol. The van der Waals surface area contributed by atoms with Gasteiger partial charge in [-0.3, -0.25) is 9.55 Å². The van der Waals surface area contributed by atoms with E-state index in [1.807, 2.05) is 30.3 Å². The van der Waals surface area contributed by atoms with Crippen molar-refractivity contribution in [2.24, 2.45) is 0 Å². The second kappa shape index (κ2) is 10.9. The topological polar surface area (TPSA) is 78.3 Å². The quantitative estimate of drug-likeness (QED) is 0.249. The number of rotatable bonds is 10. The Kier molecular flexibility index (Phi) is 7.70. The number of pyridine rings is 1. The lowest BCUT2D eigenvalue weighted by molar-refractivity contribution is 0.214. The lowest BCUT2D eigenvalue weighted by Crippen LogP contribution is -2.16. The van der Waals surface area contributed by atoms with Gasteiger partial charge in [-0.25, -0.2) is 13.5 Å². The van der Waals surface area contributed by atoms with Crippen molar-refractivity contribution in [2.75, 3.05) is 18.5 Å². The number of halogens is 2. The van der Waals surface area contributed by atoms with Crippen LogP contribution in [0.5, 0.6) is 0 Å². The van der Waals surface area contributed by atoms with Crippen molar-refractivity contribution in [2.45, 2.75) is 19.6 Å². The van der Waals surface area contributed by atoms with Crippen LogP contribution in [0.1, 0.15) is 25.2 Å². The Morgan fingerprint density at radius 3 is 2.29 bits per heavy atom. The Balaban J connectivity index is 1.92. The van der Waals surface area contributed by atoms with E-state index in [9.17, 15) is 13.3 Å². The summed E-state index contributed by atoms with van der Waals surface area (Å²) in [6, 6.07) is 16.3. The molecule has 1 N–H and O–H groups in total. The Labute approximate surface area is 202 Å². The molecule has 1 unspecified atom stereocenters. The van der Waals surface area contributed by atoms with E-state index in [2.05, 4.69) is 10.3 Å². The van der Waals surface area contributed by atoms with E-state index in [1.54, 1.807) is 49.3 Å². The average Bonchev–Trinajstić information content (AvgIpc) is 3.31. The van der Waals surface area contributed by atoms with Gasteiger partial charge in [-0.1, -0.05) is 18.2 Å². The van der Waals surface area contributed by atoms with Crippen LogP contribution in [0.4, 0.5) is 14.5 Å². The van der Waals surface area contributed by atoms with Gasteiger partial charge in [-0.15, -0.1) is 0 Å². The van der Waals surface area contributed by atoms with Crippen LogP contribution in [-0.4, -0.2) is 28.0 Å². The molecule has 0 bridgehead atoms. The smallest absolute Gasteiger partial charge is 0.357 e. The van der Waals surface area contributed by atoms with Gasteiger partial charge in [0.15, 0.2) is 17.4 Å². The van der Waals surface area contributed by atoms with Crippen molar-refractivity contribution in [3.63, 3.8) is 0 Å². The summed E-state index contributed by atoms with van der Waals surface area (Å²) in [5.74, 6) is -3.10. The first-order chi connectivity index (χ1) is 16.9. The SMILES string of the molecule is CCOP(=O)(OCC)C(Nc1ccc(F)c(F)c1)c1cn(-c2ccccc2)nc1-c1ccncc1. The predicted octanol–water partition coefficient (Wildman–Crippen LogP) is 6.59.